The van der Waals surface area contributed by atoms with Crippen molar-refractivity contribution in [3.63, 3.8) is 0 Å². The molecule has 1 heterocycles. The lowest BCUT2D eigenvalue weighted by Crippen LogP contribution is -2.43. The third kappa shape index (κ3) is 5.40. The van der Waals surface area contributed by atoms with E-state index in [0.29, 0.717) is 11.8 Å². The van der Waals surface area contributed by atoms with Gasteiger partial charge in [0.15, 0.2) is 0 Å². The van der Waals surface area contributed by atoms with E-state index in [9.17, 15) is 22.0 Å². The van der Waals surface area contributed by atoms with Crippen molar-refractivity contribution in [2.45, 2.75) is 30.2 Å². The zero-order valence-electron chi connectivity index (χ0n) is 14.7. The molecule has 3 rings (SSSR count). The first-order chi connectivity index (χ1) is 12.8. The summed E-state index contributed by atoms with van der Waals surface area (Å²) in [6.07, 6.45) is 2.78. The molecule has 28 heavy (non-hydrogen) atoms. The normalized spacial score (nSPS) is 16.7. The van der Waals surface area contributed by atoms with Crippen LogP contribution >= 0.6 is 12.4 Å². The molecular formula is C18H20ClF2N3O3S. The molecule has 152 valence electrons. The van der Waals surface area contributed by atoms with E-state index in [1.807, 2.05) is 0 Å². The summed E-state index contributed by atoms with van der Waals surface area (Å²) in [5.41, 5.74) is 0.108. The Labute approximate surface area is 168 Å². The number of hydrogen-bond acceptors (Lipinski definition) is 4. The Morgan fingerprint density at radius 3 is 2.39 bits per heavy atom. The van der Waals surface area contributed by atoms with Gasteiger partial charge in [0.2, 0.25) is 5.91 Å². The summed E-state index contributed by atoms with van der Waals surface area (Å²) in [7, 11) is -4.05. The van der Waals surface area contributed by atoms with Gasteiger partial charge in [0.1, 0.15) is 11.6 Å². The smallest absolute Gasteiger partial charge is 0.261 e. The van der Waals surface area contributed by atoms with Gasteiger partial charge in [-0.1, -0.05) is 6.42 Å². The van der Waals surface area contributed by atoms with Gasteiger partial charge in [0, 0.05) is 11.8 Å². The van der Waals surface area contributed by atoms with Crippen molar-refractivity contribution in [3.05, 3.63) is 54.1 Å². The number of hydrogen-bond donors (Lipinski definition) is 3. The molecule has 1 saturated heterocycles. The summed E-state index contributed by atoms with van der Waals surface area (Å²) in [5, 5.41) is 5.87. The highest BCUT2D eigenvalue weighted by molar-refractivity contribution is 7.92. The third-order valence-corrected chi connectivity index (χ3v) is 5.62. The fraction of sp³-hybridized carbons (Fsp3) is 0.278. The number of carbonyl (C=O) groups excluding carboxylic acids is 1. The van der Waals surface area contributed by atoms with Crippen LogP contribution in [0.3, 0.4) is 0 Å². The first kappa shape index (κ1) is 22.1. The predicted octanol–water partition coefficient (Wildman–Crippen LogP) is 3.27. The number of carbonyl (C=O) groups is 1. The summed E-state index contributed by atoms with van der Waals surface area (Å²) >= 11 is 0. The van der Waals surface area contributed by atoms with Gasteiger partial charge < -0.3 is 10.6 Å². The number of anilines is 2. The summed E-state index contributed by atoms with van der Waals surface area (Å²) in [6.45, 7) is 0.793. The quantitative estimate of drug-likeness (QED) is 0.678. The number of amides is 1. The molecule has 0 bridgehead atoms. The lowest BCUT2D eigenvalue weighted by molar-refractivity contribution is -0.118. The molecule has 0 aliphatic carbocycles. The van der Waals surface area contributed by atoms with Gasteiger partial charge in [-0.15, -0.1) is 12.4 Å². The lowest BCUT2D eigenvalue weighted by Gasteiger charge is -2.22. The van der Waals surface area contributed by atoms with E-state index in [1.54, 1.807) is 0 Å². The standard InChI is InChI=1S/C18H19F2N3O3S.ClH/c19-12-4-9-16(15(20)11-12)23-27(25,26)14-7-5-13(6-8-14)22-18(24)17-3-1-2-10-21-17;/h4-9,11,17,21,23H,1-3,10H2,(H,22,24);1H. The maximum Gasteiger partial charge on any atom is 0.261 e. The Bertz CT molecular complexity index is 934. The summed E-state index contributed by atoms with van der Waals surface area (Å²) in [5.74, 6) is -1.98. The van der Waals surface area contributed by atoms with Crippen molar-refractivity contribution in [1.82, 2.24) is 5.32 Å². The third-order valence-electron chi connectivity index (χ3n) is 4.23. The second kappa shape index (κ2) is 9.31. The van der Waals surface area contributed by atoms with Crippen molar-refractivity contribution in [3.8, 4) is 0 Å². The van der Waals surface area contributed by atoms with Crippen LogP contribution in [0, 0.1) is 11.6 Å². The van der Waals surface area contributed by atoms with Crippen LogP contribution in [0.15, 0.2) is 47.4 Å². The number of rotatable bonds is 5. The van der Waals surface area contributed by atoms with Crippen molar-refractivity contribution in [2.24, 2.45) is 0 Å². The van der Waals surface area contributed by atoms with Gasteiger partial charge in [0.05, 0.1) is 16.6 Å². The molecule has 0 saturated carbocycles. The highest BCUT2D eigenvalue weighted by Gasteiger charge is 2.21. The number of nitrogens with one attached hydrogen (secondary N) is 3. The molecule has 10 heteroatoms. The van der Waals surface area contributed by atoms with E-state index in [-0.39, 0.29) is 34.9 Å². The summed E-state index contributed by atoms with van der Waals surface area (Å²) < 4.78 is 53.4. The summed E-state index contributed by atoms with van der Waals surface area (Å²) in [6, 6.07) is 7.81. The van der Waals surface area contributed by atoms with E-state index in [1.165, 1.54) is 24.3 Å². The fourth-order valence-corrected chi connectivity index (χ4v) is 3.87. The van der Waals surface area contributed by atoms with Gasteiger partial charge in [-0.3, -0.25) is 9.52 Å². The van der Waals surface area contributed by atoms with Crippen LogP contribution in [0.4, 0.5) is 20.2 Å². The van der Waals surface area contributed by atoms with E-state index in [4.69, 9.17) is 0 Å². The van der Waals surface area contributed by atoms with E-state index < -0.39 is 21.7 Å². The van der Waals surface area contributed by atoms with Gasteiger partial charge in [-0.05, 0) is 55.8 Å². The topological polar surface area (TPSA) is 87.3 Å². The number of piperidine rings is 1. The number of benzene rings is 2. The second-order valence-corrected chi connectivity index (χ2v) is 7.93. The zero-order chi connectivity index (χ0) is 19.4. The van der Waals surface area contributed by atoms with Crippen LogP contribution in [0.25, 0.3) is 0 Å². The molecule has 1 aliphatic heterocycles. The Hall–Kier alpha value is -2.23. The van der Waals surface area contributed by atoms with Crippen LogP contribution in [0.5, 0.6) is 0 Å². The van der Waals surface area contributed by atoms with Gasteiger partial charge in [0.25, 0.3) is 10.0 Å². The minimum absolute atomic E-state index is 0. The molecule has 0 radical (unpaired) electrons. The second-order valence-electron chi connectivity index (χ2n) is 6.25. The van der Waals surface area contributed by atoms with Crippen molar-refractivity contribution < 1.29 is 22.0 Å². The minimum Gasteiger partial charge on any atom is -0.325 e. The highest BCUT2D eigenvalue weighted by atomic mass is 35.5. The van der Waals surface area contributed by atoms with Gasteiger partial charge in [-0.2, -0.15) is 0 Å². The zero-order valence-corrected chi connectivity index (χ0v) is 16.4. The molecule has 1 amide bonds. The van der Waals surface area contributed by atoms with Crippen LogP contribution in [0.2, 0.25) is 0 Å². The number of halogens is 3. The highest BCUT2D eigenvalue weighted by Crippen LogP contribution is 2.21. The van der Waals surface area contributed by atoms with Gasteiger partial charge in [-0.25, -0.2) is 17.2 Å². The van der Waals surface area contributed by atoms with Crippen molar-refractivity contribution >= 4 is 39.7 Å². The molecule has 2 aromatic carbocycles. The maximum absolute atomic E-state index is 13.7. The Kier molecular flexibility index (Phi) is 7.34. The van der Waals surface area contributed by atoms with E-state index >= 15 is 0 Å². The maximum atomic E-state index is 13.7. The molecular weight excluding hydrogens is 412 g/mol. The largest absolute Gasteiger partial charge is 0.325 e. The fourth-order valence-electron chi connectivity index (χ4n) is 2.80. The van der Waals surface area contributed by atoms with Crippen LogP contribution in [-0.2, 0) is 14.8 Å². The average Bonchev–Trinajstić information content (AvgIpc) is 2.65. The first-order valence-corrected chi connectivity index (χ1v) is 9.96. The monoisotopic (exact) mass is 431 g/mol. The van der Waals surface area contributed by atoms with Gasteiger partial charge >= 0.3 is 0 Å². The van der Waals surface area contributed by atoms with Crippen LogP contribution < -0.4 is 15.4 Å². The molecule has 3 N–H and O–H groups in total. The minimum atomic E-state index is -4.05. The average molecular weight is 432 g/mol. The molecule has 2 aromatic rings. The molecule has 0 aromatic heterocycles. The lowest BCUT2D eigenvalue weighted by atomic mass is 10.0. The van der Waals surface area contributed by atoms with Crippen molar-refractivity contribution in [2.75, 3.05) is 16.6 Å². The Morgan fingerprint density at radius 1 is 1.07 bits per heavy atom. The Morgan fingerprint density at radius 2 is 1.79 bits per heavy atom. The molecule has 1 unspecified atom stereocenters. The number of sulfonamides is 1. The summed E-state index contributed by atoms with van der Waals surface area (Å²) in [4.78, 5) is 12.1. The molecule has 0 spiro atoms. The SMILES string of the molecule is Cl.O=C(Nc1ccc(S(=O)(=O)Nc2ccc(F)cc2F)cc1)C1CCCCN1. The van der Waals surface area contributed by atoms with E-state index in [0.717, 1.165) is 37.9 Å². The first-order valence-electron chi connectivity index (χ1n) is 8.47. The van der Waals surface area contributed by atoms with Crippen LogP contribution in [-0.4, -0.2) is 26.9 Å². The molecule has 1 aliphatic rings. The molecule has 1 atom stereocenters. The van der Waals surface area contributed by atoms with Crippen LogP contribution in [0.1, 0.15) is 19.3 Å². The molecule has 1 fully saturated rings. The molecule has 6 nitrogen and oxygen atoms in total. The van der Waals surface area contributed by atoms with E-state index in [2.05, 4.69) is 15.4 Å². The van der Waals surface area contributed by atoms with Crippen molar-refractivity contribution in [1.29, 1.82) is 0 Å². The Balaban J connectivity index is 0.00000280. The predicted molar refractivity (Wildman–Crippen MR) is 105 cm³/mol.